The van der Waals surface area contributed by atoms with Crippen LogP contribution in [0, 0.1) is 6.92 Å². The molecule has 0 fully saturated rings. The molecule has 0 aliphatic rings. The van der Waals surface area contributed by atoms with E-state index in [2.05, 4.69) is 14.4 Å². The number of carbonyl (C=O) groups excluding carboxylic acids is 2. The van der Waals surface area contributed by atoms with E-state index in [0.29, 0.717) is 5.69 Å². The monoisotopic (exact) mass is 318 g/mol. The molecule has 0 atom stereocenters. The highest BCUT2D eigenvalue weighted by Crippen LogP contribution is 2.21. The van der Waals surface area contributed by atoms with Crippen molar-refractivity contribution >= 4 is 27.6 Å². The summed E-state index contributed by atoms with van der Waals surface area (Å²) >= 11 is 0. The molecule has 0 unspecified atom stereocenters. The van der Waals surface area contributed by atoms with Crippen molar-refractivity contribution in [2.75, 3.05) is 23.7 Å². The molecule has 0 bridgehead atoms. The maximum atomic E-state index is 11.8. The van der Waals surface area contributed by atoms with Gasteiger partial charge in [-0.05, 0) is 20.8 Å². The zero-order chi connectivity index (χ0) is 16.0. The quantitative estimate of drug-likeness (QED) is 0.719. The fourth-order valence-electron chi connectivity index (χ4n) is 1.63. The third kappa shape index (κ3) is 4.78. The van der Waals surface area contributed by atoms with Gasteiger partial charge in [-0.2, -0.15) is 0 Å². The van der Waals surface area contributed by atoms with Crippen LogP contribution in [0.5, 0.6) is 0 Å². The number of H-pyrrole nitrogens is 1. The zero-order valence-electron chi connectivity index (χ0n) is 12.1. The highest BCUT2D eigenvalue weighted by Gasteiger charge is 2.23. The van der Waals surface area contributed by atoms with Crippen molar-refractivity contribution in [1.82, 2.24) is 4.98 Å². The fraction of sp³-hybridized carbons (Fsp3) is 0.500. The Morgan fingerprint density at radius 1 is 1.24 bits per heavy atom. The van der Waals surface area contributed by atoms with Crippen LogP contribution in [0.25, 0.3) is 0 Å². The van der Waals surface area contributed by atoms with Crippen LogP contribution in [-0.2, 0) is 24.3 Å². The molecule has 8 nitrogen and oxygen atoms in total. The molecule has 1 rings (SSSR count). The fourth-order valence-corrected chi connectivity index (χ4v) is 2.60. The van der Waals surface area contributed by atoms with E-state index >= 15 is 0 Å². The molecule has 0 saturated carbocycles. The molecule has 0 saturated heterocycles. The molecule has 0 radical (unpaired) electrons. The van der Waals surface area contributed by atoms with Gasteiger partial charge < -0.3 is 14.5 Å². The molecule has 118 valence electrons. The van der Waals surface area contributed by atoms with Gasteiger partial charge in [-0.25, -0.2) is 13.2 Å². The van der Waals surface area contributed by atoms with Crippen molar-refractivity contribution in [2.45, 2.75) is 20.8 Å². The van der Waals surface area contributed by atoms with Gasteiger partial charge in [0.05, 0.1) is 18.9 Å². The Balaban J connectivity index is 2.93. The van der Waals surface area contributed by atoms with Crippen LogP contribution in [-0.4, -0.2) is 44.3 Å². The summed E-state index contributed by atoms with van der Waals surface area (Å²) in [5.74, 6) is -2.34. The second-order valence-electron chi connectivity index (χ2n) is 4.09. The van der Waals surface area contributed by atoms with E-state index in [1.54, 1.807) is 20.8 Å². The maximum Gasteiger partial charge on any atom is 0.342 e. The summed E-state index contributed by atoms with van der Waals surface area (Å²) < 4.78 is 35.3. The molecule has 0 aromatic carbocycles. The lowest BCUT2D eigenvalue weighted by Gasteiger charge is -2.08. The molecule has 0 aliphatic heterocycles. The highest BCUT2D eigenvalue weighted by molar-refractivity contribution is 7.93. The Morgan fingerprint density at radius 3 is 2.43 bits per heavy atom. The molecule has 2 N–H and O–H groups in total. The average molecular weight is 318 g/mol. The summed E-state index contributed by atoms with van der Waals surface area (Å²) in [6.45, 7) is 5.08. The molecule has 21 heavy (non-hydrogen) atoms. The van der Waals surface area contributed by atoms with E-state index in [9.17, 15) is 18.0 Å². The third-order valence-electron chi connectivity index (χ3n) is 2.44. The van der Waals surface area contributed by atoms with Crippen molar-refractivity contribution < 1.29 is 27.5 Å². The minimum absolute atomic E-state index is 0.0373. The number of aromatic nitrogens is 1. The van der Waals surface area contributed by atoms with E-state index in [1.165, 1.54) is 6.20 Å². The minimum atomic E-state index is -3.97. The standard InChI is InChI=1S/C12H18N2O6S/c1-4-19-10(15)7-21(17,18)14-9-6-13-8(3)11(9)12(16)20-5-2/h6,13-14H,4-5,7H2,1-3H3. The molecule has 1 aromatic rings. The largest absolute Gasteiger partial charge is 0.465 e. The Hall–Kier alpha value is -2.03. The van der Waals surface area contributed by atoms with Gasteiger partial charge in [0, 0.05) is 11.9 Å². The van der Waals surface area contributed by atoms with Crippen molar-refractivity contribution in [3.63, 3.8) is 0 Å². The first-order valence-corrected chi connectivity index (χ1v) is 7.97. The van der Waals surface area contributed by atoms with E-state index in [4.69, 9.17) is 4.74 Å². The molecule has 0 spiro atoms. The first-order valence-electron chi connectivity index (χ1n) is 6.32. The summed E-state index contributed by atoms with van der Waals surface area (Å²) in [6.07, 6.45) is 1.32. The van der Waals surface area contributed by atoms with Gasteiger partial charge in [-0.3, -0.25) is 9.52 Å². The lowest BCUT2D eigenvalue weighted by molar-refractivity contribution is -0.139. The number of rotatable bonds is 7. The predicted octanol–water partition coefficient (Wildman–Crippen LogP) is 0.805. The Morgan fingerprint density at radius 2 is 1.86 bits per heavy atom. The van der Waals surface area contributed by atoms with Crippen molar-refractivity contribution in [3.05, 3.63) is 17.5 Å². The summed E-state index contributed by atoms with van der Waals surface area (Å²) in [5, 5.41) is 0. The summed E-state index contributed by atoms with van der Waals surface area (Å²) in [4.78, 5) is 25.8. The van der Waals surface area contributed by atoms with Crippen molar-refractivity contribution in [3.8, 4) is 0 Å². The van der Waals surface area contributed by atoms with Crippen molar-refractivity contribution in [2.24, 2.45) is 0 Å². The van der Waals surface area contributed by atoms with E-state index in [1.807, 2.05) is 0 Å². The van der Waals surface area contributed by atoms with E-state index in [0.717, 1.165) is 0 Å². The molecular weight excluding hydrogens is 300 g/mol. The van der Waals surface area contributed by atoms with Gasteiger partial charge in [0.2, 0.25) is 10.0 Å². The molecule has 0 amide bonds. The summed E-state index contributed by atoms with van der Waals surface area (Å²) in [5.41, 5.74) is 0.585. The first kappa shape index (κ1) is 17.0. The SMILES string of the molecule is CCOC(=O)CS(=O)(=O)Nc1c[nH]c(C)c1C(=O)OCC. The number of aryl methyl sites for hydroxylation is 1. The molecule has 0 aliphatic carbocycles. The molecule has 9 heteroatoms. The molecule has 1 aromatic heterocycles. The maximum absolute atomic E-state index is 11.8. The average Bonchev–Trinajstić information content (AvgIpc) is 2.69. The number of anilines is 1. The van der Waals surface area contributed by atoms with E-state index in [-0.39, 0.29) is 24.5 Å². The van der Waals surface area contributed by atoms with Gasteiger partial charge in [0.25, 0.3) is 0 Å². The Bertz CT molecular complexity index is 620. The predicted molar refractivity (Wildman–Crippen MR) is 75.5 cm³/mol. The van der Waals surface area contributed by atoms with Gasteiger partial charge in [0.15, 0.2) is 5.75 Å². The first-order chi connectivity index (χ1) is 9.80. The van der Waals surface area contributed by atoms with Crippen LogP contribution >= 0.6 is 0 Å². The Labute approximate surface area is 122 Å². The smallest absolute Gasteiger partial charge is 0.342 e. The van der Waals surface area contributed by atoms with Gasteiger partial charge in [0.1, 0.15) is 5.56 Å². The van der Waals surface area contributed by atoms with Gasteiger partial charge in [-0.1, -0.05) is 0 Å². The number of carbonyl (C=O) groups is 2. The van der Waals surface area contributed by atoms with Crippen LogP contribution < -0.4 is 4.72 Å². The van der Waals surface area contributed by atoms with Crippen LogP contribution in [0.15, 0.2) is 6.20 Å². The number of ether oxygens (including phenoxy) is 2. The highest BCUT2D eigenvalue weighted by atomic mass is 32.2. The number of aromatic amines is 1. The lowest BCUT2D eigenvalue weighted by Crippen LogP contribution is -2.25. The number of hydrogen-bond acceptors (Lipinski definition) is 6. The number of hydrogen-bond donors (Lipinski definition) is 2. The van der Waals surface area contributed by atoms with Crippen molar-refractivity contribution in [1.29, 1.82) is 0 Å². The molecular formula is C12H18N2O6S. The third-order valence-corrected chi connectivity index (χ3v) is 3.58. The van der Waals surface area contributed by atoms with Gasteiger partial charge >= 0.3 is 11.9 Å². The van der Waals surface area contributed by atoms with Gasteiger partial charge in [-0.15, -0.1) is 0 Å². The summed E-state index contributed by atoms with van der Waals surface area (Å²) in [6, 6.07) is 0. The van der Waals surface area contributed by atoms with E-state index < -0.39 is 27.7 Å². The van der Waals surface area contributed by atoms with Crippen LogP contribution in [0.3, 0.4) is 0 Å². The topological polar surface area (TPSA) is 115 Å². The minimum Gasteiger partial charge on any atom is -0.465 e. The molecule has 1 heterocycles. The van der Waals surface area contributed by atoms with Crippen LogP contribution in [0.4, 0.5) is 5.69 Å². The number of nitrogens with one attached hydrogen (secondary N) is 2. The summed E-state index contributed by atoms with van der Waals surface area (Å²) in [7, 11) is -3.97. The second kappa shape index (κ2) is 7.11. The lowest BCUT2D eigenvalue weighted by atomic mass is 10.2. The number of sulfonamides is 1. The van der Waals surface area contributed by atoms with Crippen LogP contribution in [0.1, 0.15) is 29.9 Å². The normalized spacial score (nSPS) is 11.0. The number of esters is 2. The second-order valence-corrected chi connectivity index (χ2v) is 5.81. The van der Waals surface area contributed by atoms with Crippen LogP contribution in [0.2, 0.25) is 0 Å². The zero-order valence-corrected chi connectivity index (χ0v) is 12.9. The Kier molecular flexibility index (Phi) is 5.77.